The minimum Gasteiger partial charge on any atom is -0.0833 e. The molecule has 5 rings (SSSR count). The molecule has 6 atom stereocenters. The van der Waals surface area contributed by atoms with Crippen molar-refractivity contribution in [2.24, 2.45) is 34.0 Å². The molecule has 1 heteroatoms. The average Bonchev–Trinajstić information content (AvgIpc) is 3.16. The second-order valence-corrected chi connectivity index (χ2v) is 10.6. The number of allylic oxidation sites excluding steroid dienone is 6. The van der Waals surface area contributed by atoms with Gasteiger partial charge in [0.05, 0.1) is 0 Å². The van der Waals surface area contributed by atoms with Crippen molar-refractivity contribution in [3.63, 3.8) is 0 Å². The first-order chi connectivity index (χ1) is 12.3. The molecule has 0 aromatic rings. The quantitative estimate of drug-likeness (QED) is 0.316. The van der Waals surface area contributed by atoms with Crippen molar-refractivity contribution in [2.75, 3.05) is 0 Å². The molecule has 3 fully saturated rings. The van der Waals surface area contributed by atoms with Gasteiger partial charge in [-0.1, -0.05) is 69.6 Å². The predicted octanol–water partition coefficient (Wildman–Crippen LogP) is 7.46. The molecule has 0 aliphatic heterocycles. The van der Waals surface area contributed by atoms with Crippen LogP contribution in [0.4, 0.5) is 0 Å². The van der Waals surface area contributed by atoms with Crippen molar-refractivity contribution in [3.05, 3.63) is 35.5 Å². The molecule has 0 nitrogen and oxygen atoms in total. The van der Waals surface area contributed by atoms with Crippen molar-refractivity contribution >= 4 is 17.1 Å². The molecule has 0 N–H and O–H groups in total. The van der Waals surface area contributed by atoms with E-state index in [4.69, 9.17) is 12.2 Å². The van der Waals surface area contributed by atoms with E-state index in [1.54, 1.807) is 11.1 Å². The summed E-state index contributed by atoms with van der Waals surface area (Å²) in [6, 6.07) is 0. The van der Waals surface area contributed by atoms with E-state index in [0.29, 0.717) is 10.8 Å². The first-order valence-corrected chi connectivity index (χ1v) is 11.4. The molecule has 5 aliphatic carbocycles. The Balaban J connectivity index is 0.000000527. The maximum absolute atomic E-state index is 5.43. The van der Waals surface area contributed by atoms with Crippen molar-refractivity contribution in [2.45, 2.75) is 79.6 Å². The van der Waals surface area contributed by atoms with Gasteiger partial charge >= 0.3 is 0 Å². The second-order valence-electron chi connectivity index (χ2n) is 10.1. The third-order valence-corrected chi connectivity index (χ3v) is 9.08. The zero-order valence-electron chi connectivity index (χ0n) is 17.4. The largest absolute Gasteiger partial charge is 0.0833 e. The Morgan fingerprint density at radius 2 is 1.88 bits per heavy atom. The third kappa shape index (κ3) is 2.35. The van der Waals surface area contributed by atoms with E-state index in [0.717, 1.165) is 22.6 Å². The van der Waals surface area contributed by atoms with Crippen molar-refractivity contribution in [3.8, 4) is 0 Å². The fraction of sp³-hybridized carbons (Fsp3) is 0.720. The van der Waals surface area contributed by atoms with Crippen LogP contribution in [0.5, 0.6) is 0 Å². The highest BCUT2D eigenvalue weighted by atomic mass is 32.1. The molecule has 1 spiro atoms. The monoisotopic (exact) mass is 368 g/mol. The Bertz CT molecular complexity index is 710. The zero-order valence-corrected chi connectivity index (χ0v) is 18.2. The van der Waals surface area contributed by atoms with E-state index in [1.807, 2.05) is 0 Å². The van der Waals surface area contributed by atoms with Crippen LogP contribution in [-0.2, 0) is 0 Å². The van der Waals surface area contributed by atoms with Gasteiger partial charge in [-0.2, -0.15) is 0 Å². The molecule has 0 amide bonds. The smallest absolute Gasteiger partial charge is 0.0374 e. The summed E-state index contributed by atoms with van der Waals surface area (Å²) in [5.74, 6) is 2.71. The standard InChI is InChI=1S/C22H28S.C3H8/c1-14-13-22(14)11-8-19-17-5-4-15-12-16(23)6-9-20(15,2)18(17)7-10-21(19,22)3;1-3-2/h6-7,9,12,14,17,19H,4-5,8,10-11,13H2,1-3H3;3H2,1-2H3. The van der Waals surface area contributed by atoms with Gasteiger partial charge in [-0.05, 0) is 86.2 Å². The Kier molecular flexibility index (Phi) is 4.42. The van der Waals surface area contributed by atoms with Gasteiger partial charge < -0.3 is 0 Å². The van der Waals surface area contributed by atoms with E-state index in [1.165, 1.54) is 44.9 Å². The number of hydrogen-bond acceptors (Lipinski definition) is 1. The van der Waals surface area contributed by atoms with Crippen LogP contribution in [0, 0.1) is 34.0 Å². The molecule has 5 aliphatic rings. The maximum atomic E-state index is 5.43. The van der Waals surface area contributed by atoms with E-state index >= 15 is 0 Å². The number of fused-ring (bicyclic) bond motifs is 6. The van der Waals surface area contributed by atoms with Gasteiger partial charge in [0, 0.05) is 10.3 Å². The van der Waals surface area contributed by atoms with E-state index in [9.17, 15) is 0 Å². The highest BCUT2D eigenvalue weighted by Gasteiger charge is 2.69. The van der Waals surface area contributed by atoms with Gasteiger partial charge in [-0.3, -0.25) is 0 Å². The lowest BCUT2D eigenvalue weighted by atomic mass is 9.51. The molecular weight excluding hydrogens is 332 g/mol. The normalized spacial score (nSPS) is 47.9. The molecule has 0 saturated heterocycles. The summed E-state index contributed by atoms with van der Waals surface area (Å²) in [4.78, 5) is 1.02. The fourth-order valence-corrected chi connectivity index (χ4v) is 7.52. The van der Waals surface area contributed by atoms with Gasteiger partial charge in [-0.25, -0.2) is 0 Å². The summed E-state index contributed by atoms with van der Waals surface area (Å²) < 4.78 is 0. The van der Waals surface area contributed by atoms with Gasteiger partial charge in [0.25, 0.3) is 0 Å². The molecule has 0 radical (unpaired) electrons. The minimum absolute atomic E-state index is 0.164. The zero-order chi connectivity index (χ0) is 18.7. The summed E-state index contributed by atoms with van der Waals surface area (Å²) in [6.07, 6.45) is 19.2. The first-order valence-electron chi connectivity index (χ1n) is 11.0. The summed E-state index contributed by atoms with van der Waals surface area (Å²) in [5, 5.41) is 0. The van der Waals surface area contributed by atoms with Gasteiger partial charge in [0.15, 0.2) is 0 Å². The number of hydrogen-bond donors (Lipinski definition) is 0. The van der Waals surface area contributed by atoms with Gasteiger partial charge in [0.1, 0.15) is 0 Å². The number of thiocarbonyl (C=S) groups is 1. The Morgan fingerprint density at radius 3 is 2.54 bits per heavy atom. The summed E-state index contributed by atoms with van der Waals surface area (Å²) >= 11 is 5.43. The lowest BCUT2D eigenvalue weighted by Gasteiger charge is -2.53. The van der Waals surface area contributed by atoms with Crippen LogP contribution >= 0.6 is 12.2 Å². The topological polar surface area (TPSA) is 0 Å². The molecule has 3 saturated carbocycles. The Labute approximate surface area is 166 Å². The van der Waals surface area contributed by atoms with Crippen LogP contribution in [0.2, 0.25) is 0 Å². The van der Waals surface area contributed by atoms with E-state index in [-0.39, 0.29) is 5.41 Å². The molecule has 6 unspecified atom stereocenters. The van der Waals surface area contributed by atoms with Crippen LogP contribution in [0.1, 0.15) is 79.6 Å². The van der Waals surface area contributed by atoms with Gasteiger partial charge in [-0.15, -0.1) is 0 Å². The van der Waals surface area contributed by atoms with Crippen molar-refractivity contribution < 1.29 is 0 Å². The highest BCUT2D eigenvalue weighted by Crippen LogP contribution is 2.77. The predicted molar refractivity (Wildman–Crippen MR) is 116 cm³/mol. The van der Waals surface area contributed by atoms with E-state index in [2.05, 4.69) is 58.9 Å². The summed E-state index contributed by atoms with van der Waals surface area (Å²) in [5.41, 5.74) is 4.74. The van der Waals surface area contributed by atoms with Crippen LogP contribution < -0.4 is 0 Å². The lowest BCUT2D eigenvalue weighted by Crippen LogP contribution is -2.44. The second kappa shape index (κ2) is 6.16. The Morgan fingerprint density at radius 1 is 1.19 bits per heavy atom. The SMILES string of the molecule is CC1CC12CCC1C3CCC4=CC(=S)C=CC4(C)C3=CCC12C.CCC. The number of rotatable bonds is 0. The lowest BCUT2D eigenvalue weighted by molar-refractivity contribution is 0.0726. The summed E-state index contributed by atoms with van der Waals surface area (Å²) in [6.45, 7) is 11.8. The highest BCUT2D eigenvalue weighted by molar-refractivity contribution is 7.81. The van der Waals surface area contributed by atoms with Crippen LogP contribution in [-0.4, -0.2) is 4.86 Å². The molecule has 26 heavy (non-hydrogen) atoms. The first kappa shape index (κ1) is 18.7. The summed E-state index contributed by atoms with van der Waals surface area (Å²) in [7, 11) is 0. The van der Waals surface area contributed by atoms with Crippen LogP contribution in [0.3, 0.4) is 0 Å². The molecule has 0 bridgehead atoms. The van der Waals surface area contributed by atoms with Crippen molar-refractivity contribution in [1.29, 1.82) is 0 Å². The Hall–Kier alpha value is -0.690. The average molecular weight is 369 g/mol. The van der Waals surface area contributed by atoms with Crippen LogP contribution in [0.25, 0.3) is 0 Å². The molecule has 0 aromatic heterocycles. The molecule has 0 aromatic carbocycles. The fourth-order valence-electron chi connectivity index (χ4n) is 7.31. The molecular formula is C25H36S. The minimum atomic E-state index is 0.164. The molecule has 0 heterocycles. The van der Waals surface area contributed by atoms with Crippen LogP contribution in [0.15, 0.2) is 35.5 Å². The van der Waals surface area contributed by atoms with E-state index < -0.39 is 0 Å². The maximum Gasteiger partial charge on any atom is 0.0374 e. The van der Waals surface area contributed by atoms with Crippen molar-refractivity contribution in [1.82, 2.24) is 0 Å². The third-order valence-electron chi connectivity index (χ3n) is 8.83. The van der Waals surface area contributed by atoms with Gasteiger partial charge in [0.2, 0.25) is 0 Å². The molecule has 142 valence electrons.